The van der Waals surface area contributed by atoms with Crippen LogP contribution in [0.25, 0.3) is 0 Å². The Morgan fingerprint density at radius 3 is 2.95 bits per heavy atom. The highest BCUT2D eigenvalue weighted by atomic mass is 35.5. The summed E-state index contributed by atoms with van der Waals surface area (Å²) in [4.78, 5) is 14.2. The zero-order valence-corrected chi connectivity index (χ0v) is 12.0. The monoisotopic (exact) mass is 315 g/mol. The summed E-state index contributed by atoms with van der Waals surface area (Å²) in [5, 5.41) is 11.0. The van der Waals surface area contributed by atoms with Crippen molar-refractivity contribution in [3.05, 3.63) is 39.2 Å². The number of nitro benzene ring substituents is 1. The fourth-order valence-corrected chi connectivity index (χ4v) is 2.21. The smallest absolute Gasteiger partial charge is 0.298 e. The molecule has 0 saturated carbocycles. The largest absolute Gasteiger partial charge is 0.430 e. The molecule has 0 saturated heterocycles. The Hall–Kier alpha value is -1.77. The number of hydrogen-bond acceptors (Lipinski definition) is 7. The van der Waals surface area contributed by atoms with Crippen molar-refractivity contribution in [2.75, 3.05) is 13.7 Å². The summed E-state index contributed by atoms with van der Waals surface area (Å²) in [5.74, 6) is 0.995. The maximum atomic E-state index is 10.6. The number of halogens is 1. The van der Waals surface area contributed by atoms with E-state index in [1.54, 1.807) is 7.11 Å². The lowest BCUT2D eigenvalue weighted by Gasteiger charge is -2.01. The molecule has 2 rings (SSSR count). The molecule has 0 bridgehead atoms. The van der Waals surface area contributed by atoms with Gasteiger partial charge in [0.15, 0.2) is 0 Å². The Morgan fingerprint density at radius 1 is 1.50 bits per heavy atom. The molecule has 1 aromatic carbocycles. The van der Waals surface area contributed by atoms with Gasteiger partial charge in [0.25, 0.3) is 10.9 Å². The highest BCUT2D eigenvalue weighted by Crippen LogP contribution is 2.31. The first-order valence-corrected chi connectivity index (χ1v) is 6.68. The second-order valence-corrected chi connectivity index (χ2v) is 4.81. The number of aromatic nitrogens is 2. The third-order valence-electron chi connectivity index (χ3n) is 2.30. The van der Waals surface area contributed by atoms with Gasteiger partial charge in [0, 0.05) is 37.2 Å². The van der Waals surface area contributed by atoms with Crippen LogP contribution in [0, 0.1) is 10.1 Å². The zero-order chi connectivity index (χ0) is 14.5. The van der Waals surface area contributed by atoms with Gasteiger partial charge in [-0.05, 0) is 6.07 Å². The maximum absolute atomic E-state index is 10.6. The number of ether oxygens (including phenoxy) is 2. The van der Waals surface area contributed by atoms with Gasteiger partial charge in [-0.25, -0.2) is 0 Å². The average Bonchev–Trinajstić information content (AvgIpc) is 2.83. The maximum Gasteiger partial charge on any atom is 0.298 e. The van der Waals surface area contributed by atoms with Crippen molar-refractivity contribution in [2.24, 2.45) is 0 Å². The van der Waals surface area contributed by atoms with E-state index in [0.717, 1.165) is 11.5 Å². The van der Waals surface area contributed by atoms with Crippen molar-refractivity contribution in [1.82, 2.24) is 9.36 Å². The van der Waals surface area contributed by atoms with Crippen LogP contribution in [0.5, 0.6) is 10.9 Å². The van der Waals surface area contributed by atoms with Crippen LogP contribution in [-0.2, 0) is 11.2 Å². The number of nitrogens with zero attached hydrogens (tertiary/aromatic N) is 3. The van der Waals surface area contributed by atoms with Crippen LogP contribution >= 0.6 is 23.1 Å². The molecule has 7 nitrogen and oxygen atoms in total. The fraction of sp³-hybridized carbons (Fsp3) is 0.273. The second kappa shape index (κ2) is 6.60. The SMILES string of the molecule is COCCc1nsc(Oc2ccc([N+](=O)[O-])c(Cl)c2)n1. The molecule has 0 aliphatic rings. The van der Waals surface area contributed by atoms with E-state index in [9.17, 15) is 10.1 Å². The van der Waals surface area contributed by atoms with Crippen molar-refractivity contribution in [2.45, 2.75) is 6.42 Å². The normalized spacial score (nSPS) is 10.5. The molecule has 0 aliphatic carbocycles. The lowest BCUT2D eigenvalue weighted by atomic mass is 10.3. The third kappa shape index (κ3) is 3.62. The Bertz CT molecular complexity index is 619. The van der Waals surface area contributed by atoms with Crippen LogP contribution in [-0.4, -0.2) is 28.0 Å². The van der Waals surface area contributed by atoms with E-state index in [-0.39, 0.29) is 10.7 Å². The van der Waals surface area contributed by atoms with Crippen molar-refractivity contribution >= 4 is 28.8 Å². The molecule has 0 atom stereocenters. The molecule has 0 fully saturated rings. The second-order valence-electron chi connectivity index (χ2n) is 3.69. The highest BCUT2D eigenvalue weighted by Gasteiger charge is 2.14. The Morgan fingerprint density at radius 2 is 2.30 bits per heavy atom. The van der Waals surface area contributed by atoms with Crippen molar-refractivity contribution < 1.29 is 14.4 Å². The number of nitro groups is 1. The van der Waals surface area contributed by atoms with Gasteiger partial charge in [0.05, 0.1) is 11.5 Å². The minimum atomic E-state index is -0.556. The summed E-state index contributed by atoms with van der Waals surface area (Å²) in [6, 6.07) is 4.11. The Labute approximate surface area is 123 Å². The van der Waals surface area contributed by atoms with E-state index in [0.29, 0.717) is 29.8 Å². The van der Waals surface area contributed by atoms with Gasteiger partial charge in [0.1, 0.15) is 16.6 Å². The van der Waals surface area contributed by atoms with Gasteiger partial charge in [0.2, 0.25) is 0 Å². The molecule has 106 valence electrons. The van der Waals surface area contributed by atoms with Gasteiger partial charge in [-0.3, -0.25) is 10.1 Å². The molecule has 9 heteroatoms. The van der Waals surface area contributed by atoms with Crippen LogP contribution in [0.2, 0.25) is 5.02 Å². The Kier molecular flexibility index (Phi) is 4.83. The van der Waals surface area contributed by atoms with Crippen LogP contribution in [0.3, 0.4) is 0 Å². The molecule has 0 N–H and O–H groups in total. The van der Waals surface area contributed by atoms with Crippen molar-refractivity contribution in [3.8, 4) is 10.9 Å². The number of benzene rings is 1. The van der Waals surface area contributed by atoms with Crippen LogP contribution in [0.1, 0.15) is 5.82 Å². The minimum absolute atomic E-state index is 0.0108. The van der Waals surface area contributed by atoms with Gasteiger partial charge in [-0.15, -0.1) is 0 Å². The first-order valence-electron chi connectivity index (χ1n) is 5.53. The predicted octanol–water partition coefficient (Wildman–Crippen LogP) is 3.08. The van der Waals surface area contributed by atoms with E-state index < -0.39 is 4.92 Å². The average molecular weight is 316 g/mol. The third-order valence-corrected chi connectivity index (χ3v) is 3.24. The van der Waals surface area contributed by atoms with Gasteiger partial charge < -0.3 is 9.47 Å². The number of methoxy groups -OCH3 is 1. The molecule has 0 radical (unpaired) electrons. The van der Waals surface area contributed by atoms with Crippen molar-refractivity contribution in [3.63, 3.8) is 0 Å². The first-order chi connectivity index (χ1) is 9.60. The summed E-state index contributed by atoms with van der Waals surface area (Å²) in [6.07, 6.45) is 0.595. The van der Waals surface area contributed by atoms with E-state index >= 15 is 0 Å². The first kappa shape index (κ1) is 14.6. The molecule has 2 aromatic rings. The van der Waals surface area contributed by atoms with E-state index in [1.165, 1.54) is 18.2 Å². The van der Waals surface area contributed by atoms with Gasteiger partial charge >= 0.3 is 0 Å². The molecular formula is C11H10ClN3O4S. The van der Waals surface area contributed by atoms with E-state index in [2.05, 4.69) is 9.36 Å². The summed E-state index contributed by atoms with van der Waals surface area (Å²) in [5.41, 5.74) is -0.169. The summed E-state index contributed by atoms with van der Waals surface area (Å²) in [6.45, 7) is 0.527. The minimum Gasteiger partial charge on any atom is -0.430 e. The topological polar surface area (TPSA) is 87.4 Å². The molecule has 20 heavy (non-hydrogen) atoms. The van der Waals surface area contributed by atoms with Crippen molar-refractivity contribution in [1.29, 1.82) is 0 Å². The lowest BCUT2D eigenvalue weighted by molar-refractivity contribution is -0.384. The molecular weight excluding hydrogens is 306 g/mol. The molecule has 0 aliphatic heterocycles. The molecule has 1 heterocycles. The predicted molar refractivity (Wildman–Crippen MR) is 73.7 cm³/mol. The number of hydrogen-bond donors (Lipinski definition) is 0. The number of rotatable bonds is 6. The molecule has 0 amide bonds. The van der Waals surface area contributed by atoms with E-state index in [4.69, 9.17) is 21.1 Å². The van der Waals surface area contributed by atoms with Crippen LogP contribution in [0.4, 0.5) is 5.69 Å². The molecule has 0 unspecified atom stereocenters. The summed E-state index contributed by atoms with van der Waals surface area (Å²) >= 11 is 6.89. The zero-order valence-electron chi connectivity index (χ0n) is 10.4. The summed E-state index contributed by atoms with van der Waals surface area (Å²) < 4.78 is 14.5. The summed E-state index contributed by atoms with van der Waals surface area (Å²) in [7, 11) is 1.60. The lowest BCUT2D eigenvalue weighted by Crippen LogP contribution is -1.96. The quantitative estimate of drug-likeness (QED) is 0.601. The molecule has 0 spiro atoms. The van der Waals surface area contributed by atoms with Gasteiger partial charge in [-0.1, -0.05) is 11.6 Å². The highest BCUT2D eigenvalue weighted by molar-refractivity contribution is 7.07. The van der Waals surface area contributed by atoms with Gasteiger partial charge in [-0.2, -0.15) is 9.36 Å². The Balaban J connectivity index is 2.08. The van der Waals surface area contributed by atoms with Crippen LogP contribution in [0.15, 0.2) is 18.2 Å². The standard InChI is InChI=1S/C11H10ClN3O4S/c1-18-5-4-10-13-11(20-14-10)19-7-2-3-9(15(16)17)8(12)6-7/h2-3,6H,4-5H2,1H3. The van der Waals surface area contributed by atoms with Crippen LogP contribution < -0.4 is 4.74 Å². The molecule has 1 aromatic heterocycles. The van der Waals surface area contributed by atoms with E-state index in [1.807, 2.05) is 0 Å². The fourth-order valence-electron chi connectivity index (χ4n) is 1.37.